The van der Waals surface area contributed by atoms with Crippen molar-refractivity contribution >= 4 is 11.8 Å². The lowest BCUT2D eigenvalue weighted by Crippen LogP contribution is -2.14. The molecular weight excluding hydrogens is 296 g/mol. The highest BCUT2D eigenvalue weighted by molar-refractivity contribution is 7.97. The first-order valence-electron chi connectivity index (χ1n) is 6.91. The van der Waals surface area contributed by atoms with Crippen LogP contribution in [0.4, 0.5) is 0 Å². The van der Waals surface area contributed by atoms with Crippen LogP contribution in [0.15, 0.2) is 59.8 Å². The van der Waals surface area contributed by atoms with E-state index in [2.05, 4.69) is 10.1 Å². The molecule has 0 saturated heterocycles. The van der Waals surface area contributed by atoms with Crippen LogP contribution in [0.2, 0.25) is 0 Å². The lowest BCUT2D eigenvalue weighted by Gasteiger charge is -2.01. The first-order chi connectivity index (χ1) is 10.7. The van der Waals surface area contributed by atoms with E-state index in [9.17, 15) is 4.79 Å². The van der Waals surface area contributed by atoms with Gasteiger partial charge in [0.25, 0.3) is 5.56 Å². The van der Waals surface area contributed by atoms with E-state index in [0.29, 0.717) is 0 Å². The zero-order valence-corrected chi connectivity index (χ0v) is 13.0. The third kappa shape index (κ3) is 3.46. The Bertz CT molecular complexity index is 810. The van der Waals surface area contributed by atoms with Gasteiger partial charge in [-0.15, -0.1) is 11.8 Å². The van der Waals surface area contributed by atoms with Gasteiger partial charge in [-0.05, 0) is 23.8 Å². The van der Waals surface area contributed by atoms with Gasteiger partial charge < -0.3 is 4.57 Å². The highest BCUT2D eigenvalue weighted by Gasteiger charge is 2.03. The molecule has 3 aromatic rings. The summed E-state index contributed by atoms with van der Waals surface area (Å²) in [6, 6.07) is 13.5. The molecule has 0 amide bonds. The molecule has 0 aliphatic rings. The third-order valence-corrected chi connectivity index (χ3v) is 4.23. The second kappa shape index (κ2) is 6.62. The van der Waals surface area contributed by atoms with Gasteiger partial charge in [0.1, 0.15) is 6.33 Å². The first kappa shape index (κ1) is 14.6. The highest BCUT2D eigenvalue weighted by Crippen LogP contribution is 2.15. The van der Waals surface area contributed by atoms with Crippen LogP contribution in [0, 0.1) is 0 Å². The van der Waals surface area contributed by atoms with Gasteiger partial charge in [-0.3, -0.25) is 4.79 Å². The summed E-state index contributed by atoms with van der Waals surface area (Å²) in [5, 5.41) is 4.46. The molecule has 2 heterocycles. The molecule has 0 saturated carbocycles. The lowest BCUT2D eigenvalue weighted by molar-refractivity contribution is 0.854. The van der Waals surface area contributed by atoms with E-state index in [0.717, 1.165) is 28.6 Å². The number of hydrogen-bond donors (Lipinski definition) is 0. The molecule has 5 nitrogen and oxygen atoms in total. The van der Waals surface area contributed by atoms with Crippen LogP contribution in [0.5, 0.6) is 0 Å². The molecule has 112 valence electrons. The van der Waals surface area contributed by atoms with Gasteiger partial charge in [-0.2, -0.15) is 5.10 Å². The number of nitrogens with zero attached hydrogens (tertiary/aromatic N) is 4. The van der Waals surface area contributed by atoms with E-state index in [4.69, 9.17) is 0 Å². The van der Waals surface area contributed by atoms with Gasteiger partial charge in [-0.25, -0.2) is 9.67 Å². The molecule has 0 aliphatic carbocycles. The smallest absolute Gasteiger partial charge is 0.250 e. The predicted molar refractivity (Wildman–Crippen MR) is 88.0 cm³/mol. The molecular formula is C16H16N4OS. The Morgan fingerprint density at radius 2 is 1.95 bits per heavy atom. The van der Waals surface area contributed by atoms with E-state index >= 15 is 0 Å². The Labute approximate surface area is 132 Å². The van der Waals surface area contributed by atoms with Gasteiger partial charge in [0.05, 0.1) is 11.4 Å². The Morgan fingerprint density at radius 1 is 1.14 bits per heavy atom. The minimum atomic E-state index is 0.0181. The molecule has 0 unspecified atom stereocenters. The van der Waals surface area contributed by atoms with Crippen LogP contribution in [-0.2, 0) is 18.6 Å². The molecule has 3 rings (SSSR count). The second-order valence-corrected chi connectivity index (χ2v) is 5.90. The topological polar surface area (TPSA) is 52.7 Å². The number of aryl methyl sites for hydroxylation is 1. The number of hydrogen-bond acceptors (Lipinski definition) is 4. The van der Waals surface area contributed by atoms with Crippen LogP contribution < -0.4 is 5.56 Å². The van der Waals surface area contributed by atoms with Crippen molar-refractivity contribution in [1.29, 1.82) is 0 Å². The molecule has 0 fully saturated rings. The second-order valence-electron chi connectivity index (χ2n) is 4.92. The maximum Gasteiger partial charge on any atom is 0.250 e. The number of pyridine rings is 1. The average Bonchev–Trinajstić information content (AvgIpc) is 3.01. The fourth-order valence-corrected chi connectivity index (χ4v) is 2.84. The summed E-state index contributed by atoms with van der Waals surface area (Å²) in [4.78, 5) is 15.9. The van der Waals surface area contributed by atoms with Crippen molar-refractivity contribution in [3.05, 3.63) is 76.7 Å². The van der Waals surface area contributed by atoms with Crippen molar-refractivity contribution < 1.29 is 0 Å². The van der Waals surface area contributed by atoms with Crippen molar-refractivity contribution in [1.82, 2.24) is 19.3 Å². The van der Waals surface area contributed by atoms with Crippen molar-refractivity contribution in [3.8, 4) is 5.69 Å². The van der Waals surface area contributed by atoms with Crippen molar-refractivity contribution in [2.45, 2.75) is 11.5 Å². The summed E-state index contributed by atoms with van der Waals surface area (Å²) in [6.45, 7) is 0. The zero-order valence-electron chi connectivity index (χ0n) is 12.2. The zero-order chi connectivity index (χ0) is 15.4. The molecule has 0 bridgehead atoms. The summed E-state index contributed by atoms with van der Waals surface area (Å²) in [5.41, 5.74) is 2.04. The highest BCUT2D eigenvalue weighted by atomic mass is 32.2. The predicted octanol–water partition coefficient (Wildman–Crippen LogP) is 2.40. The van der Waals surface area contributed by atoms with Gasteiger partial charge >= 0.3 is 0 Å². The maximum atomic E-state index is 11.6. The van der Waals surface area contributed by atoms with E-state index < -0.39 is 0 Å². The summed E-state index contributed by atoms with van der Waals surface area (Å²) in [6.07, 6.45) is 3.52. The summed E-state index contributed by atoms with van der Waals surface area (Å²) in [5.74, 6) is 2.28. The van der Waals surface area contributed by atoms with E-state index in [-0.39, 0.29) is 5.56 Å². The number of aromatic nitrogens is 4. The van der Waals surface area contributed by atoms with Gasteiger partial charge in [0.2, 0.25) is 0 Å². The number of thioether (sulfide) groups is 1. The third-order valence-electron chi connectivity index (χ3n) is 3.23. The molecule has 22 heavy (non-hydrogen) atoms. The fraction of sp³-hybridized carbons (Fsp3) is 0.188. The summed E-state index contributed by atoms with van der Waals surface area (Å²) in [7, 11) is 1.75. The maximum absolute atomic E-state index is 11.6. The van der Waals surface area contributed by atoms with Crippen LogP contribution in [0.1, 0.15) is 11.4 Å². The standard InChI is InChI=1S/C16H16N4OS/c1-19-8-7-13(9-16(19)21)10-22-11-15-17-12-20(18-15)14-5-3-2-4-6-14/h2-9,12H,10-11H2,1H3. The van der Waals surface area contributed by atoms with Crippen molar-refractivity contribution in [2.75, 3.05) is 0 Å². The molecule has 2 aromatic heterocycles. The Hall–Kier alpha value is -2.34. The van der Waals surface area contributed by atoms with E-state index in [1.165, 1.54) is 0 Å². The molecule has 1 aromatic carbocycles. The van der Waals surface area contributed by atoms with Gasteiger partial charge in [0, 0.05) is 25.1 Å². The summed E-state index contributed by atoms with van der Waals surface area (Å²) >= 11 is 1.70. The van der Waals surface area contributed by atoms with Crippen LogP contribution in [0.25, 0.3) is 5.69 Å². The first-order valence-corrected chi connectivity index (χ1v) is 8.07. The van der Waals surface area contributed by atoms with Crippen molar-refractivity contribution in [2.24, 2.45) is 7.05 Å². The fourth-order valence-electron chi connectivity index (χ4n) is 2.01. The van der Waals surface area contributed by atoms with Gasteiger partial charge in [-0.1, -0.05) is 18.2 Å². The van der Waals surface area contributed by atoms with E-state index in [1.807, 2.05) is 36.4 Å². The van der Waals surface area contributed by atoms with Crippen LogP contribution >= 0.6 is 11.8 Å². The number of para-hydroxylation sites is 1. The Balaban J connectivity index is 1.59. The average molecular weight is 312 g/mol. The largest absolute Gasteiger partial charge is 0.319 e. The van der Waals surface area contributed by atoms with Gasteiger partial charge in [0.15, 0.2) is 5.82 Å². The van der Waals surface area contributed by atoms with Crippen LogP contribution in [0.3, 0.4) is 0 Å². The molecule has 0 N–H and O–H groups in total. The van der Waals surface area contributed by atoms with Crippen molar-refractivity contribution in [3.63, 3.8) is 0 Å². The number of rotatable bonds is 5. The SMILES string of the molecule is Cn1ccc(CSCc2ncn(-c3ccccc3)n2)cc1=O. The Kier molecular flexibility index (Phi) is 4.39. The normalized spacial score (nSPS) is 10.8. The quantitative estimate of drug-likeness (QED) is 0.726. The minimum absolute atomic E-state index is 0.0181. The summed E-state index contributed by atoms with van der Waals surface area (Å²) < 4.78 is 3.34. The molecule has 0 radical (unpaired) electrons. The minimum Gasteiger partial charge on any atom is -0.319 e. The molecule has 6 heteroatoms. The van der Waals surface area contributed by atoms with E-state index in [1.54, 1.807) is 46.6 Å². The molecule has 0 atom stereocenters. The molecule has 0 aliphatic heterocycles. The van der Waals surface area contributed by atoms with Crippen LogP contribution in [-0.4, -0.2) is 19.3 Å². The number of benzene rings is 1. The lowest BCUT2D eigenvalue weighted by atomic mass is 10.3. The Morgan fingerprint density at radius 3 is 2.73 bits per heavy atom. The monoisotopic (exact) mass is 312 g/mol. The molecule has 0 spiro atoms.